The predicted octanol–water partition coefficient (Wildman–Crippen LogP) is 3.99. The molecule has 0 atom stereocenters. The molecule has 0 unspecified atom stereocenters. The number of pyridine rings is 1. The number of sulfone groups is 1. The lowest BCUT2D eigenvalue weighted by Gasteiger charge is -2.10. The number of ether oxygens (including phenoxy) is 1. The number of amides is 1. The quantitative estimate of drug-likeness (QED) is 0.549. The summed E-state index contributed by atoms with van der Waals surface area (Å²) < 4.78 is 52.9. The molecule has 0 spiro atoms. The lowest BCUT2D eigenvalue weighted by Crippen LogP contribution is -2.21. The van der Waals surface area contributed by atoms with Gasteiger partial charge in [-0.25, -0.2) is 13.2 Å². The molecule has 0 radical (unpaired) electrons. The van der Waals surface area contributed by atoms with E-state index in [4.69, 9.17) is 16.3 Å². The Morgan fingerprint density at radius 1 is 1.13 bits per heavy atom. The van der Waals surface area contributed by atoms with Crippen molar-refractivity contribution in [3.8, 4) is 0 Å². The molecule has 0 aliphatic rings. The van der Waals surface area contributed by atoms with Crippen LogP contribution in [0.4, 0.5) is 14.5 Å². The predicted molar refractivity (Wildman–Crippen MR) is 110 cm³/mol. The number of carbonyl (C=O) groups is 2. The Labute approximate surface area is 180 Å². The Bertz CT molecular complexity index is 1260. The van der Waals surface area contributed by atoms with Crippen molar-refractivity contribution in [1.82, 2.24) is 4.98 Å². The second-order valence-electron chi connectivity index (χ2n) is 6.41. The Hall–Kier alpha value is -3.11. The Balaban J connectivity index is 1.64. The van der Waals surface area contributed by atoms with Crippen molar-refractivity contribution in [2.24, 2.45) is 0 Å². The monoisotopic (exact) mass is 468 g/mol. The van der Waals surface area contributed by atoms with Gasteiger partial charge in [-0.1, -0.05) is 11.6 Å². The maximum Gasteiger partial charge on any atom is 0.341 e. The van der Waals surface area contributed by atoms with Crippen LogP contribution < -0.4 is 5.32 Å². The van der Waals surface area contributed by atoms with E-state index >= 15 is 0 Å². The third kappa shape index (κ3) is 5.15. The molecule has 3 rings (SSSR count). The number of anilines is 1. The summed E-state index contributed by atoms with van der Waals surface area (Å²) >= 11 is 5.95. The smallest absolute Gasteiger partial charge is 0.341 e. The van der Waals surface area contributed by atoms with Gasteiger partial charge in [-0.2, -0.15) is 8.78 Å². The van der Waals surface area contributed by atoms with Gasteiger partial charge in [0, 0.05) is 16.1 Å². The van der Waals surface area contributed by atoms with Crippen LogP contribution in [-0.2, 0) is 19.4 Å². The lowest BCUT2D eigenvalue weighted by molar-refractivity contribution is -0.119. The van der Waals surface area contributed by atoms with Crippen molar-refractivity contribution in [3.05, 3.63) is 64.8 Å². The van der Waals surface area contributed by atoms with Gasteiger partial charge in [-0.15, -0.1) is 0 Å². The van der Waals surface area contributed by atoms with Crippen LogP contribution >= 0.6 is 11.6 Å². The summed E-state index contributed by atoms with van der Waals surface area (Å²) in [5, 5.41) is 3.49. The number of nitrogens with one attached hydrogen (secondary N) is 1. The third-order valence-electron chi connectivity index (χ3n) is 4.22. The van der Waals surface area contributed by atoms with Gasteiger partial charge in [0.2, 0.25) is 9.84 Å². The van der Waals surface area contributed by atoms with Crippen molar-refractivity contribution < 1.29 is 31.5 Å². The maximum absolute atomic E-state index is 12.5. The molecule has 0 fully saturated rings. The van der Waals surface area contributed by atoms with E-state index in [2.05, 4.69) is 10.3 Å². The molecule has 11 heteroatoms. The van der Waals surface area contributed by atoms with Crippen molar-refractivity contribution in [1.29, 1.82) is 0 Å². The van der Waals surface area contributed by atoms with E-state index in [9.17, 15) is 26.8 Å². The molecular weight excluding hydrogens is 454 g/mol. The van der Waals surface area contributed by atoms with Gasteiger partial charge >= 0.3 is 11.7 Å². The van der Waals surface area contributed by atoms with Crippen molar-refractivity contribution in [2.75, 3.05) is 11.9 Å². The van der Waals surface area contributed by atoms with Crippen LogP contribution in [0.5, 0.6) is 0 Å². The summed E-state index contributed by atoms with van der Waals surface area (Å²) in [5.74, 6) is -5.01. The molecular formula is C20H15ClF2N2O5S. The van der Waals surface area contributed by atoms with Gasteiger partial charge < -0.3 is 10.1 Å². The van der Waals surface area contributed by atoms with Gasteiger partial charge in [-0.3, -0.25) is 9.78 Å². The topological polar surface area (TPSA) is 102 Å². The van der Waals surface area contributed by atoms with Crippen molar-refractivity contribution >= 4 is 49.9 Å². The van der Waals surface area contributed by atoms with Gasteiger partial charge in [0.1, 0.15) is 0 Å². The first kappa shape index (κ1) is 22.6. The molecule has 2 aromatic carbocycles. The Morgan fingerprint density at radius 3 is 2.45 bits per heavy atom. The standard InChI is InChI=1S/C20H15ClF2N2O5S/c1-11-16(9-12-8-13(21)2-7-17(12)24-11)19(27)30-10-18(26)25-14-3-5-15(6-4-14)31(28,29)20(22)23/h2-9,20H,10H2,1H3,(H,25,26). The van der Waals surface area contributed by atoms with Crippen LogP contribution in [0.15, 0.2) is 53.4 Å². The number of hydrogen-bond donors (Lipinski definition) is 1. The largest absolute Gasteiger partial charge is 0.452 e. The minimum Gasteiger partial charge on any atom is -0.452 e. The summed E-state index contributed by atoms with van der Waals surface area (Å²) in [7, 11) is -4.73. The molecule has 0 bridgehead atoms. The number of esters is 1. The molecule has 7 nitrogen and oxygen atoms in total. The van der Waals surface area contributed by atoms with Crippen LogP contribution in [-0.4, -0.2) is 37.6 Å². The first-order chi connectivity index (χ1) is 14.6. The summed E-state index contributed by atoms with van der Waals surface area (Å²) in [6, 6.07) is 10.8. The average Bonchev–Trinajstić information content (AvgIpc) is 2.72. The second-order valence-corrected chi connectivity index (χ2v) is 8.77. The minimum absolute atomic E-state index is 0.146. The summed E-state index contributed by atoms with van der Waals surface area (Å²) in [6.07, 6.45) is 0. The van der Waals surface area contributed by atoms with E-state index in [0.29, 0.717) is 21.6 Å². The van der Waals surface area contributed by atoms with E-state index in [1.807, 2.05) is 0 Å². The molecule has 1 amide bonds. The zero-order valence-corrected chi connectivity index (χ0v) is 17.5. The SMILES string of the molecule is Cc1nc2ccc(Cl)cc2cc1C(=O)OCC(=O)Nc1ccc(S(=O)(=O)C(F)F)cc1. The molecule has 0 aliphatic carbocycles. The van der Waals surface area contributed by atoms with E-state index in [0.717, 1.165) is 24.3 Å². The average molecular weight is 469 g/mol. The Kier molecular flexibility index (Phi) is 6.51. The van der Waals surface area contributed by atoms with Gasteiger partial charge in [0.15, 0.2) is 6.61 Å². The highest BCUT2D eigenvalue weighted by molar-refractivity contribution is 7.91. The number of hydrogen-bond acceptors (Lipinski definition) is 6. The number of carbonyl (C=O) groups excluding carboxylic acids is 2. The fourth-order valence-corrected chi connectivity index (χ4v) is 3.59. The number of rotatable bonds is 6. The second kappa shape index (κ2) is 8.94. The Morgan fingerprint density at radius 2 is 1.81 bits per heavy atom. The lowest BCUT2D eigenvalue weighted by atomic mass is 10.1. The van der Waals surface area contributed by atoms with Crippen LogP contribution in [0.1, 0.15) is 16.1 Å². The number of halogens is 3. The fourth-order valence-electron chi connectivity index (χ4n) is 2.69. The number of fused-ring (bicyclic) bond motifs is 1. The van der Waals surface area contributed by atoms with Crippen molar-refractivity contribution in [2.45, 2.75) is 17.6 Å². The highest BCUT2D eigenvalue weighted by Gasteiger charge is 2.26. The normalized spacial score (nSPS) is 11.5. The number of nitrogens with zero attached hydrogens (tertiary/aromatic N) is 1. The molecule has 1 aromatic heterocycles. The van der Waals surface area contributed by atoms with Gasteiger partial charge in [-0.05, 0) is 55.5 Å². The third-order valence-corrected chi connectivity index (χ3v) is 5.86. The van der Waals surface area contributed by atoms with E-state index < -0.39 is 39.0 Å². The highest BCUT2D eigenvalue weighted by Crippen LogP contribution is 2.22. The molecule has 1 heterocycles. The minimum atomic E-state index is -4.73. The summed E-state index contributed by atoms with van der Waals surface area (Å²) in [5.41, 5.74) is 1.38. The summed E-state index contributed by atoms with van der Waals surface area (Å²) in [6.45, 7) is 1.00. The molecule has 0 saturated heterocycles. The molecule has 31 heavy (non-hydrogen) atoms. The molecule has 0 aliphatic heterocycles. The van der Waals surface area contributed by atoms with Crippen LogP contribution in [0.25, 0.3) is 10.9 Å². The van der Waals surface area contributed by atoms with Crippen LogP contribution in [0, 0.1) is 6.92 Å². The summed E-state index contributed by atoms with van der Waals surface area (Å²) in [4.78, 5) is 28.1. The van der Waals surface area contributed by atoms with E-state index in [1.54, 1.807) is 31.2 Å². The van der Waals surface area contributed by atoms with Crippen LogP contribution in [0.3, 0.4) is 0 Å². The van der Waals surface area contributed by atoms with Crippen LogP contribution in [0.2, 0.25) is 5.02 Å². The highest BCUT2D eigenvalue weighted by atomic mass is 35.5. The maximum atomic E-state index is 12.5. The first-order valence-electron chi connectivity index (χ1n) is 8.74. The van der Waals surface area contributed by atoms with E-state index in [1.165, 1.54) is 0 Å². The zero-order valence-electron chi connectivity index (χ0n) is 15.9. The molecule has 0 saturated carbocycles. The number of benzene rings is 2. The van der Waals surface area contributed by atoms with Gasteiger partial charge in [0.25, 0.3) is 5.91 Å². The number of aryl methyl sites for hydroxylation is 1. The molecule has 1 N–H and O–H groups in total. The molecule has 162 valence electrons. The zero-order chi connectivity index (χ0) is 22.8. The van der Waals surface area contributed by atoms with Gasteiger partial charge in [0.05, 0.1) is 21.7 Å². The van der Waals surface area contributed by atoms with Crippen molar-refractivity contribution in [3.63, 3.8) is 0 Å². The molecule has 3 aromatic rings. The number of alkyl halides is 2. The van der Waals surface area contributed by atoms with E-state index in [-0.39, 0.29) is 11.3 Å². The first-order valence-corrected chi connectivity index (χ1v) is 10.7. The number of aromatic nitrogens is 1. The fraction of sp³-hybridized carbons (Fsp3) is 0.150.